The highest BCUT2D eigenvalue weighted by Gasteiger charge is 2.37. The lowest BCUT2D eigenvalue weighted by molar-refractivity contribution is -0.122. The Hall–Kier alpha value is -1.35. The van der Waals surface area contributed by atoms with Gasteiger partial charge in [-0.25, -0.2) is 0 Å². The van der Waals surface area contributed by atoms with E-state index in [0.29, 0.717) is 0 Å². The predicted octanol–water partition coefficient (Wildman–Crippen LogP) is 3.02. The standard InChI is InChI=1S/C17H24N2O/c1-17(18)10-3-2-7-15(17)16(20)19-14-9-8-12-5-4-6-13(12)11-14/h8-9,11,15H,2-7,10,18H2,1H3,(H,19,20). The molecule has 2 aliphatic rings. The summed E-state index contributed by atoms with van der Waals surface area (Å²) in [5, 5.41) is 3.08. The summed E-state index contributed by atoms with van der Waals surface area (Å²) in [6, 6.07) is 6.32. The molecule has 0 radical (unpaired) electrons. The number of nitrogens with one attached hydrogen (secondary N) is 1. The number of anilines is 1. The molecule has 3 nitrogen and oxygen atoms in total. The lowest BCUT2D eigenvalue weighted by Crippen LogP contribution is -2.51. The van der Waals surface area contributed by atoms with Crippen LogP contribution in [-0.4, -0.2) is 11.4 Å². The summed E-state index contributed by atoms with van der Waals surface area (Å²) in [5.41, 5.74) is 9.70. The quantitative estimate of drug-likeness (QED) is 0.869. The van der Waals surface area contributed by atoms with Crippen molar-refractivity contribution in [2.45, 2.75) is 57.4 Å². The Morgan fingerprint density at radius 3 is 2.85 bits per heavy atom. The molecule has 1 aromatic carbocycles. The predicted molar refractivity (Wildman–Crippen MR) is 81.6 cm³/mol. The molecule has 3 rings (SSSR count). The van der Waals surface area contributed by atoms with Gasteiger partial charge < -0.3 is 11.1 Å². The van der Waals surface area contributed by atoms with E-state index in [9.17, 15) is 4.79 Å². The van der Waals surface area contributed by atoms with Gasteiger partial charge in [-0.05, 0) is 62.3 Å². The van der Waals surface area contributed by atoms with Crippen molar-refractivity contribution >= 4 is 11.6 Å². The molecule has 1 fully saturated rings. The van der Waals surface area contributed by atoms with E-state index in [4.69, 9.17) is 5.73 Å². The molecule has 2 unspecified atom stereocenters. The van der Waals surface area contributed by atoms with E-state index >= 15 is 0 Å². The number of nitrogens with two attached hydrogens (primary N) is 1. The van der Waals surface area contributed by atoms with Gasteiger partial charge in [-0.2, -0.15) is 0 Å². The van der Waals surface area contributed by atoms with Gasteiger partial charge in [-0.15, -0.1) is 0 Å². The molecule has 1 saturated carbocycles. The van der Waals surface area contributed by atoms with Gasteiger partial charge in [0.1, 0.15) is 0 Å². The van der Waals surface area contributed by atoms with Gasteiger partial charge in [0.2, 0.25) is 5.91 Å². The molecule has 0 bridgehead atoms. The number of carbonyl (C=O) groups is 1. The van der Waals surface area contributed by atoms with Crippen molar-refractivity contribution in [3.8, 4) is 0 Å². The highest BCUT2D eigenvalue weighted by atomic mass is 16.1. The van der Waals surface area contributed by atoms with Crippen LogP contribution in [0.15, 0.2) is 18.2 Å². The van der Waals surface area contributed by atoms with Crippen molar-refractivity contribution in [1.82, 2.24) is 0 Å². The Kier molecular flexibility index (Phi) is 3.55. The van der Waals surface area contributed by atoms with E-state index in [1.807, 2.05) is 13.0 Å². The fourth-order valence-electron chi connectivity index (χ4n) is 3.67. The van der Waals surface area contributed by atoms with Gasteiger partial charge in [-0.3, -0.25) is 4.79 Å². The largest absolute Gasteiger partial charge is 0.326 e. The number of aryl methyl sites for hydroxylation is 2. The maximum Gasteiger partial charge on any atom is 0.229 e. The highest BCUT2D eigenvalue weighted by Crippen LogP contribution is 2.33. The summed E-state index contributed by atoms with van der Waals surface area (Å²) < 4.78 is 0. The van der Waals surface area contributed by atoms with Crippen LogP contribution in [0.2, 0.25) is 0 Å². The van der Waals surface area contributed by atoms with Crippen molar-refractivity contribution in [2.75, 3.05) is 5.32 Å². The first-order valence-corrected chi connectivity index (χ1v) is 7.78. The number of benzene rings is 1. The van der Waals surface area contributed by atoms with Gasteiger partial charge in [0.15, 0.2) is 0 Å². The van der Waals surface area contributed by atoms with Crippen LogP contribution in [-0.2, 0) is 17.6 Å². The van der Waals surface area contributed by atoms with Gasteiger partial charge in [0.25, 0.3) is 0 Å². The van der Waals surface area contributed by atoms with E-state index in [1.165, 1.54) is 24.0 Å². The van der Waals surface area contributed by atoms with Crippen LogP contribution in [0.4, 0.5) is 5.69 Å². The normalized spacial score (nSPS) is 29.0. The molecular formula is C17H24N2O. The Bertz CT molecular complexity index is 522. The zero-order valence-corrected chi connectivity index (χ0v) is 12.2. The molecule has 0 aliphatic heterocycles. The van der Waals surface area contributed by atoms with Gasteiger partial charge in [0.05, 0.1) is 5.92 Å². The monoisotopic (exact) mass is 272 g/mol. The van der Waals surface area contributed by atoms with E-state index in [1.54, 1.807) is 0 Å². The molecule has 108 valence electrons. The van der Waals surface area contributed by atoms with E-state index in [2.05, 4.69) is 17.4 Å². The van der Waals surface area contributed by atoms with Crippen LogP contribution in [0.25, 0.3) is 0 Å². The molecular weight excluding hydrogens is 248 g/mol. The number of carbonyl (C=O) groups excluding carboxylic acids is 1. The van der Waals surface area contributed by atoms with Crippen LogP contribution in [0.3, 0.4) is 0 Å². The second-order valence-corrected chi connectivity index (χ2v) is 6.63. The molecule has 1 amide bonds. The van der Waals surface area contributed by atoms with Crippen LogP contribution >= 0.6 is 0 Å². The van der Waals surface area contributed by atoms with Crippen molar-refractivity contribution < 1.29 is 4.79 Å². The third kappa shape index (κ3) is 2.59. The van der Waals surface area contributed by atoms with Crippen molar-refractivity contribution in [3.63, 3.8) is 0 Å². The second kappa shape index (κ2) is 5.21. The van der Waals surface area contributed by atoms with Gasteiger partial charge in [0, 0.05) is 11.2 Å². The topological polar surface area (TPSA) is 55.1 Å². The molecule has 3 N–H and O–H groups in total. The van der Waals surface area contributed by atoms with E-state index < -0.39 is 0 Å². The molecule has 0 saturated heterocycles. The Morgan fingerprint density at radius 2 is 2.05 bits per heavy atom. The van der Waals surface area contributed by atoms with Crippen molar-refractivity contribution in [3.05, 3.63) is 29.3 Å². The molecule has 3 heteroatoms. The first-order chi connectivity index (χ1) is 9.56. The summed E-state index contributed by atoms with van der Waals surface area (Å²) in [6.45, 7) is 2.01. The summed E-state index contributed by atoms with van der Waals surface area (Å²) in [5.74, 6) is 0.0251. The number of hydrogen-bond donors (Lipinski definition) is 2. The molecule has 2 aliphatic carbocycles. The minimum atomic E-state index is -0.362. The number of rotatable bonds is 2. The SMILES string of the molecule is CC1(N)CCCCC1C(=O)Nc1ccc2c(c1)CCC2. The molecule has 2 atom stereocenters. The van der Waals surface area contributed by atoms with Crippen LogP contribution in [0.5, 0.6) is 0 Å². The maximum absolute atomic E-state index is 12.5. The van der Waals surface area contributed by atoms with Crippen LogP contribution in [0.1, 0.15) is 50.2 Å². The summed E-state index contributed by atoms with van der Waals surface area (Å²) >= 11 is 0. The number of fused-ring (bicyclic) bond motifs is 1. The zero-order valence-electron chi connectivity index (χ0n) is 12.2. The first kappa shape index (κ1) is 13.6. The van der Waals surface area contributed by atoms with Gasteiger partial charge in [-0.1, -0.05) is 18.9 Å². The molecule has 0 spiro atoms. The van der Waals surface area contributed by atoms with Crippen molar-refractivity contribution in [2.24, 2.45) is 11.7 Å². The minimum absolute atomic E-state index is 0.0653. The zero-order chi connectivity index (χ0) is 14.2. The summed E-state index contributed by atoms with van der Waals surface area (Å²) in [6.07, 6.45) is 7.63. The Morgan fingerprint density at radius 1 is 1.25 bits per heavy atom. The average Bonchev–Trinajstić information content (AvgIpc) is 2.85. The number of amides is 1. The maximum atomic E-state index is 12.5. The fourth-order valence-corrected chi connectivity index (χ4v) is 3.67. The molecule has 1 aromatic rings. The second-order valence-electron chi connectivity index (χ2n) is 6.63. The fraction of sp³-hybridized carbons (Fsp3) is 0.588. The van der Waals surface area contributed by atoms with Gasteiger partial charge >= 0.3 is 0 Å². The lowest BCUT2D eigenvalue weighted by atomic mass is 9.74. The van der Waals surface area contributed by atoms with E-state index in [0.717, 1.165) is 37.8 Å². The minimum Gasteiger partial charge on any atom is -0.326 e. The Labute approximate surface area is 120 Å². The lowest BCUT2D eigenvalue weighted by Gasteiger charge is -2.37. The first-order valence-electron chi connectivity index (χ1n) is 7.78. The Balaban J connectivity index is 1.72. The summed E-state index contributed by atoms with van der Waals surface area (Å²) in [4.78, 5) is 12.5. The number of hydrogen-bond acceptors (Lipinski definition) is 2. The summed E-state index contributed by atoms with van der Waals surface area (Å²) in [7, 11) is 0. The molecule has 0 aromatic heterocycles. The van der Waals surface area contributed by atoms with Crippen molar-refractivity contribution in [1.29, 1.82) is 0 Å². The average molecular weight is 272 g/mol. The smallest absolute Gasteiger partial charge is 0.229 e. The third-order valence-electron chi connectivity index (χ3n) is 4.94. The third-order valence-corrected chi connectivity index (χ3v) is 4.94. The molecule has 20 heavy (non-hydrogen) atoms. The van der Waals surface area contributed by atoms with Crippen LogP contribution in [0, 0.1) is 5.92 Å². The molecule has 0 heterocycles. The van der Waals surface area contributed by atoms with E-state index in [-0.39, 0.29) is 17.4 Å². The highest BCUT2D eigenvalue weighted by molar-refractivity contribution is 5.93. The van der Waals surface area contributed by atoms with Crippen LogP contribution < -0.4 is 11.1 Å².